The van der Waals surface area contributed by atoms with Gasteiger partial charge in [0, 0.05) is 22.6 Å². The number of hydrogen-bond donors (Lipinski definition) is 0. The Hall–Kier alpha value is -3.39. The highest BCUT2D eigenvalue weighted by Crippen LogP contribution is 2.36. The summed E-state index contributed by atoms with van der Waals surface area (Å²) in [5, 5.41) is 2.23. The van der Waals surface area contributed by atoms with Gasteiger partial charge in [0.2, 0.25) is 0 Å². The molecule has 31 heavy (non-hydrogen) atoms. The van der Waals surface area contributed by atoms with Crippen molar-refractivity contribution in [1.82, 2.24) is 0 Å². The van der Waals surface area contributed by atoms with E-state index in [0.29, 0.717) is 0 Å². The predicted octanol–water partition coefficient (Wildman–Crippen LogP) is 8.52. The molecule has 0 aliphatic heterocycles. The van der Waals surface area contributed by atoms with E-state index in [-0.39, 0.29) is 0 Å². The van der Waals surface area contributed by atoms with Gasteiger partial charge in [0.15, 0.2) is 0 Å². The molecule has 0 unspecified atom stereocenters. The third-order valence-corrected chi connectivity index (χ3v) is 5.84. The number of fused-ring (bicyclic) bond motifs is 3. The Morgan fingerprint density at radius 2 is 1.84 bits per heavy atom. The third kappa shape index (κ3) is 4.11. The number of rotatable bonds is 7. The highest BCUT2D eigenvalue weighted by atomic mass is 16.3. The lowest BCUT2D eigenvalue weighted by Crippen LogP contribution is -1.90. The van der Waals surface area contributed by atoms with Crippen LogP contribution in [0.3, 0.4) is 0 Å². The van der Waals surface area contributed by atoms with E-state index in [4.69, 9.17) is 4.42 Å². The Kier molecular flexibility index (Phi) is 6.18. The minimum absolute atomic E-state index is 0.870. The van der Waals surface area contributed by atoms with Crippen LogP contribution >= 0.6 is 0 Å². The van der Waals surface area contributed by atoms with Crippen LogP contribution in [0.25, 0.3) is 38.8 Å². The summed E-state index contributed by atoms with van der Waals surface area (Å²) in [7, 11) is 0. The Balaban J connectivity index is 1.79. The summed E-state index contributed by atoms with van der Waals surface area (Å²) in [6, 6.07) is 19.5. The maximum atomic E-state index is 6.38. The van der Waals surface area contributed by atoms with Crippen molar-refractivity contribution >= 4 is 33.9 Å². The number of aliphatic imine (C=N–C) groups is 1. The Labute approximate surface area is 184 Å². The van der Waals surface area contributed by atoms with Crippen molar-refractivity contribution in [2.75, 3.05) is 0 Å². The zero-order valence-electron chi connectivity index (χ0n) is 18.6. The third-order valence-electron chi connectivity index (χ3n) is 5.84. The zero-order valence-corrected chi connectivity index (χ0v) is 18.6. The first-order valence-corrected chi connectivity index (χ1v) is 11.0. The summed E-state index contributed by atoms with van der Waals surface area (Å²) in [6.45, 7) is 10.2. The van der Waals surface area contributed by atoms with Gasteiger partial charge < -0.3 is 4.42 Å². The van der Waals surface area contributed by atoms with Gasteiger partial charge in [0.1, 0.15) is 11.2 Å². The number of benzene rings is 3. The van der Waals surface area contributed by atoms with Gasteiger partial charge in [-0.3, -0.25) is 4.99 Å². The maximum Gasteiger partial charge on any atom is 0.144 e. The Morgan fingerprint density at radius 1 is 1.03 bits per heavy atom. The number of nitrogens with zero attached hydrogens (tertiary/aromatic N) is 1. The Morgan fingerprint density at radius 3 is 2.58 bits per heavy atom. The number of unbranched alkanes of at least 4 members (excludes halogenated alkanes) is 1. The molecule has 0 atom stereocenters. The van der Waals surface area contributed by atoms with Crippen LogP contribution in [-0.4, -0.2) is 6.21 Å². The molecule has 4 rings (SSSR count). The number of allylic oxidation sites excluding steroid dienone is 2. The second-order valence-corrected chi connectivity index (χ2v) is 7.93. The van der Waals surface area contributed by atoms with Crippen LogP contribution in [0.1, 0.15) is 43.4 Å². The van der Waals surface area contributed by atoms with E-state index in [0.717, 1.165) is 39.6 Å². The molecule has 3 aromatic carbocycles. The molecule has 0 fully saturated rings. The first-order chi connectivity index (χ1) is 15.2. The van der Waals surface area contributed by atoms with E-state index in [1.807, 2.05) is 13.0 Å². The molecule has 0 saturated carbocycles. The highest BCUT2D eigenvalue weighted by Gasteiger charge is 2.14. The van der Waals surface area contributed by atoms with Gasteiger partial charge in [-0.1, -0.05) is 68.5 Å². The second-order valence-electron chi connectivity index (χ2n) is 7.93. The van der Waals surface area contributed by atoms with Crippen molar-refractivity contribution in [2.45, 2.75) is 40.0 Å². The maximum absolute atomic E-state index is 6.38. The fourth-order valence-electron chi connectivity index (χ4n) is 4.14. The van der Waals surface area contributed by atoms with E-state index >= 15 is 0 Å². The Bertz CT molecular complexity index is 1300. The van der Waals surface area contributed by atoms with Crippen LogP contribution in [-0.2, 0) is 6.42 Å². The van der Waals surface area contributed by atoms with E-state index in [9.17, 15) is 0 Å². The standard InChI is InChI=1S/C29H29NO/c1-5-8-10-21-13-14-22(18-20(21)4)23-15-16-24-25-11-9-12-26(27(7-3)30-17-6-2)29(25)31-28(24)19-23/h6-7,9,11-19H,2,5,8,10H2,1,3-4H3/b27-7-,30-17?. The molecule has 0 aliphatic carbocycles. The minimum atomic E-state index is 0.870. The quantitative estimate of drug-likeness (QED) is 0.282. The van der Waals surface area contributed by atoms with E-state index in [1.54, 1.807) is 12.3 Å². The molecule has 4 aromatic rings. The molecular formula is C29H29NO. The van der Waals surface area contributed by atoms with Gasteiger partial charge in [-0.2, -0.15) is 0 Å². The van der Waals surface area contributed by atoms with E-state index < -0.39 is 0 Å². The van der Waals surface area contributed by atoms with Crippen LogP contribution in [0.5, 0.6) is 0 Å². The second kappa shape index (κ2) is 9.18. The van der Waals surface area contributed by atoms with E-state index in [2.05, 4.69) is 80.0 Å². The number of aryl methyl sites for hydroxylation is 2. The highest BCUT2D eigenvalue weighted by molar-refractivity contribution is 6.09. The van der Waals surface area contributed by atoms with Crippen molar-refractivity contribution in [2.24, 2.45) is 4.99 Å². The van der Waals surface area contributed by atoms with Gasteiger partial charge in [0.25, 0.3) is 0 Å². The van der Waals surface area contributed by atoms with Crippen molar-refractivity contribution in [3.63, 3.8) is 0 Å². The topological polar surface area (TPSA) is 25.5 Å². The fraction of sp³-hybridized carbons (Fsp3) is 0.207. The number of para-hydroxylation sites is 1. The molecule has 2 heteroatoms. The monoisotopic (exact) mass is 407 g/mol. The summed E-state index contributed by atoms with van der Waals surface area (Å²) in [6.07, 6.45) is 9.00. The molecule has 156 valence electrons. The summed E-state index contributed by atoms with van der Waals surface area (Å²) < 4.78 is 6.38. The zero-order chi connectivity index (χ0) is 21.8. The van der Waals surface area contributed by atoms with E-state index in [1.165, 1.54) is 35.1 Å². The lowest BCUT2D eigenvalue weighted by Gasteiger charge is -2.08. The molecule has 1 heterocycles. The molecule has 0 aliphatic rings. The number of furan rings is 1. The van der Waals surface area contributed by atoms with Gasteiger partial charge in [-0.25, -0.2) is 0 Å². The van der Waals surface area contributed by atoms with Crippen LogP contribution in [0.15, 0.2) is 82.7 Å². The SMILES string of the molecule is C=CC=N/C(=C\C)c1cccc2c1oc1cc(-c3ccc(CCCC)c(C)c3)ccc12. The lowest BCUT2D eigenvalue weighted by atomic mass is 9.96. The van der Waals surface area contributed by atoms with Crippen LogP contribution in [0, 0.1) is 6.92 Å². The normalized spacial score (nSPS) is 12.3. The molecule has 0 bridgehead atoms. The van der Waals surface area contributed by atoms with Crippen LogP contribution < -0.4 is 0 Å². The van der Waals surface area contributed by atoms with Gasteiger partial charge in [-0.15, -0.1) is 0 Å². The predicted molar refractivity (Wildman–Crippen MR) is 135 cm³/mol. The van der Waals surface area contributed by atoms with Gasteiger partial charge in [-0.05, 0) is 67.1 Å². The van der Waals surface area contributed by atoms with Gasteiger partial charge in [0.05, 0.1) is 5.70 Å². The summed E-state index contributed by atoms with van der Waals surface area (Å²) in [4.78, 5) is 4.51. The molecule has 2 nitrogen and oxygen atoms in total. The van der Waals surface area contributed by atoms with Crippen molar-refractivity contribution < 1.29 is 4.42 Å². The van der Waals surface area contributed by atoms with Gasteiger partial charge >= 0.3 is 0 Å². The average Bonchev–Trinajstić information content (AvgIpc) is 3.17. The summed E-state index contributed by atoms with van der Waals surface area (Å²) in [5.41, 5.74) is 8.84. The van der Waals surface area contributed by atoms with Crippen molar-refractivity contribution in [3.05, 3.63) is 90.0 Å². The minimum Gasteiger partial charge on any atom is -0.455 e. The smallest absolute Gasteiger partial charge is 0.144 e. The molecule has 0 radical (unpaired) electrons. The molecule has 1 aromatic heterocycles. The molecule has 0 spiro atoms. The molecular weight excluding hydrogens is 378 g/mol. The first kappa shape index (κ1) is 20.9. The average molecular weight is 408 g/mol. The molecule has 0 saturated heterocycles. The number of hydrogen-bond acceptors (Lipinski definition) is 2. The van der Waals surface area contributed by atoms with Crippen LogP contribution in [0.4, 0.5) is 0 Å². The summed E-state index contributed by atoms with van der Waals surface area (Å²) >= 11 is 0. The molecule has 0 amide bonds. The van der Waals surface area contributed by atoms with Crippen molar-refractivity contribution in [3.8, 4) is 11.1 Å². The lowest BCUT2D eigenvalue weighted by molar-refractivity contribution is 0.667. The van der Waals surface area contributed by atoms with Crippen LogP contribution in [0.2, 0.25) is 0 Å². The molecule has 0 N–H and O–H groups in total. The first-order valence-electron chi connectivity index (χ1n) is 11.0. The summed E-state index contributed by atoms with van der Waals surface area (Å²) in [5.74, 6) is 0. The fourth-order valence-corrected chi connectivity index (χ4v) is 4.14. The van der Waals surface area contributed by atoms with Crippen molar-refractivity contribution in [1.29, 1.82) is 0 Å². The largest absolute Gasteiger partial charge is 0.455 e.